The Morgan fingerprint density at radius 3 is 1.73 bits per heavy atom. The summed E-state index contributed by atoms with van der Waals surface area (Å²) in [6.45, 7) is 10.3. The molecule has 0 aliphatic heterocycles. The summed E-state index contributed by atoms with van der Waals surface area (Å²) < 4.78 is 0.194. The second-order valence-electron chi connectivity index (χ2n) is 3.26. The number of thiol groups is 1. The van der Waals surface area contributed by atoms with Crippen molar-refractivity contribution in [1.82, 2.24) is 5.32 Å². The van der Waals surface area contributed by atoms with Gasteiger partial charge in [0.05, 0.1) is 0 Å². The molecule has 3 heteroatoms. The van der Waals surface area contributed by atoms with Crippen molar-refractivity contribution in [3.63, 3.8) is 0 Å². The summed E-state index contributed by atoms with van der Waals surface area (Å²) in [6, 6.07) is 0. The molecule has 2 nitrogen and oxygen atoms in total. The van der Waals surface area contributed by atoms with Gasteiger partial charge < -0.3 is 5.32 Å². The number of hydrogen-bond donors (Lipinski definition) is 2. The molecule has 0 aromatic carbocycles. The minimum Gasteiger partial charge on any atom is -0.357 e. The standard InChI is InChI=1S/C4H9NO.C4H10S/c1-3-5-4(2)6;1-4(2,3)5/h3H2,1-2H3,(H,5,6);5H,1-3H3. The maximum atomic E-state index is 9.93. The summed E-state index contributed by atoms with van der Waals surface area (Å²) in [6.07, 6.45) is 0. The van der Waals surface area contributed by atoms with Crippen LogP contribution in [0.25, 0.3) is 0 Å². The molecule has 0 aliphatic rings. The number of carbonyl (C=O) groups excluding carboxylic acids is 1. The molecule has 0 aromatic rings. The molecule has 0 radical (unpaired) electrons. The molecule has 0 aromatic heterocycles. The maximum absolute atomic E-state index is 9.93. The van der Waals surface area contributed by atoms with E-state index in [9.17, 15) is 4.79 Å². The van der Waals surface area contributed by atoms with Crippen molar-refractivity contribution in [3.8, 4) is 0 Å². The fourth-order valence-electron chi connectivity index (χ4n) is 0.249. The molecule has 0 saturated carbocycles. The number of carbonyl (C=O) groups is 1. The van der Waals surface area contributed by atoms with Gasteiger partial charge in [-0.05, 0) is 6.92 Å². The highest BCUT2D eigenvalue weighted by atomic mass is 32.1. The Morgan fingerprint density at radius 1 is 1.45 bits per heavy atom. The van der Waals surface area contributed by atoms with Crippen LogP contribution in [0.1, 0.15) is 34.6 Å². The van der Waals surface area contributed by atoms with Gasteiger partial charge in [0.2, 0.25) is 5.91 Å². The molecule has 0 unspecified atom stereocenters. The smallest absolute Gasteiger partial charge is 0.216 e. The van der Waals surface area contributed by atoms with Gasteiger partial charge >= 0.3 is 0 Å². The molecule has 0 fully saturated rings. The minimum absolute atomic E-state index is 0.0394. The first-order valence-corrected chi connectivity index (χ1v) is 4.19. The molecule has 0 aliphatic carbocycles. The highest BCUT2D eigenvalue weighted by Crippen LogP contribution is 2.07. The van der Waals surface area contributed by atoms with E-state index in [2.05, 4.69) is 38.7 Å². The minimum atomic E-state index is 0.0394. The average molecular weight is 177 g/mol. The normalized spacial score (nSPS) is 9.64. The van der Waals surface area contributed by atoms with Gasteiger partial charge in [0.25, 0.3) is 0 Å². The average Bonchev–Trinajstić information content (AvgIpc) is 1.58. The first-order chi connectivity index (χ1) is 4.77. The van der Waals surface area contributed by atoms with Crippen LogP contribution in [0.4, 0.5) is 0 Å². The van der Waals surface area contributed by atoms with Gasteiger partial charge in [-0.2, -0.15) is 12.6 Å². The number of hydrogen-bond acceptors (Lipinski definition) is 2. The Hall–Kier alpha value is -0.180. The Bertz CT molecular complexity index is 101. The predicted octanol–water partition coefficient (Wildman–Crippen LogP) is 1.86. The van der Waals surface area contributed by atoms with Gasteiger partial charge in [0.1, 0.15) is 0 Å². The Morgan fingerprint density at radius 2 is 1.73 bits per heavy atom. The van der Waals surface area contributed by atoms with E-state index in [1.165, 1.54) is 6.92 Å². The van der Waals surface area contributed by atoms with Gasteiger partial charge in [-0.25, -0.2) is 0 Å². The number of nitrogens with one attached hydrogen (secondary N) is 1. The Labute approximate surface area is 75.2 Å². The van der Waals surface area contributed by atoms with Crippen molar-refractivity contribution in [2.24, 2.45) is 0 Å². The summed E-state index contributed by atoms with van der Waals surface area (Å²) in [4.78, 5) is 9.93. The molecular formula is C8H19NOS. The monoisotopic (exact) mass is 177 g/mol. The first-order valence-electron chi connectivity index (χ1n) is 3.74. The van der Waals surface area contributed by atoms with E-state index in [4.69, 9.17) is 0 Å². The van der Waals surface area contributed by atoms with Crippen LogP contribution in [-0.2, 0) is 4.79 Å². The van der Waals surface area contributed by atoms with E-state index < -0.39 is 0 Å². The van der Waals surface area contributed by atoms with E-state index in [-0.39, 0.29) is 10.7 Å². The fraction of sp³-hybridized carbons (Fsp3) is 0.875. The molecule has 0 rings (SSSR count). The highest BCUT2D eigenvalue weighted by Gasteiger charge is 1.96. The van der Waals surface area contributed by atoms with Crippen LogP contribution in [0, 0.1) is 0 Å². The SMILES string of the molecule is CC(C)(C)S.CCNC(C)=O. The summed E-state index contributed by atoms with van der Waals surface area (Å²) >= 11 is 4.12. The van der Waals surface area contributed by atoms with E-state index in [0.717, 1.165) is 6.54 Å². The van der Waals surface area contributed by atoms with Crippen LogP contribution < -0.4 is 5.32 Å². The van der Waals surface area contributed by atoms with Gasteiger partial charge in [-0.3, -0.25) is 4.79 Å². The van der Waals surface area contributed by atoms with Crippen molar-refractivity contribution in [2.75, 3.05) is 6.54 Å². The molecule has 1 N–H and O–H groups in total. The van der Waals surface area contributed by atoms with Crippen LogP contribution in [0.2, 0.25) is 0 Å². The van der Waals surface area contributed by atoms with Crippen LogP contribution in [0.5, 0.6) is 0 Å². The Kier molecular flexibility index (Phi) is 7.96. The van der Waals surface area contributed by atoms with Crippen molar-refractivity contribution in [1.29, 1.82) is 0 Å². The molecule has 1 amide bonds. The molecule has 0 atom stereocenters. The molecule has 0 spiro atoms. The quantitative estimate of drug-likeness (QED) is 0.588. The molecule has 0 bridgehead atoms. The highest BCUT2D eigenvalue weighted by molar-refractivity contribution is 7.81. The van der Waals surface area contributed by atoms with Gasteiger partial charge in [0, 0.05) is 18.2 Å². The molecule has 68 valence electrons. The summed E-state index contributed by atoms with van der Waals surface area (Å²) in [5.74, 6) is 0.0394. The van der Waals surface area contributed by atoms with Crippen molar-refractivity contribution >= 4 is 18.5 Å². The largest absolute Gasteiger partial charge is 0.357 e. The van der Waals surface area contributed by atoms with E-state index in [0.29, 0.717) is 0 Å². The molecule has 0 saturated heterocycles. The third kappa shape index (κ3) is 75.5. The van der Waals surface area contributed by atoms with Gasteiger partial charge in [-0.1, -0.05) is 20.8 Å². The first kappa shape index (κ1) is 13.4. The zero-order chi connectivity index (χ0) is 9.49. The lowest BCUT2D eigenvalue weighted by molar-refractivity contribution is -0.118. The second kappa shape index (κ2) is 6.53. The number of amides is 1. The third-order valence-electron chi connectivity index (χ3n) is 0.426. The lowest BCUT2D eigenvalue weighted by Gasteiger charge is -2.04. The molecule has 0 heterocycles. The predicted molar refractivity (Wildman–Crippen MR) is 53.1 cm³/mol. The molecule has 11 heavy (non-hydrogen) atoms. The zero-order valence-electron chi connectivity index (χ0n) is 8.06. The zero-order valence-corrected chi connectivity index (χ0v) is 8.96. The van der Waals surface area contributed by atoms with Gasteiger partial charge in [-0.15, -0.1) is 0 Å². The summed E-state index contributed by atoms with van der Waals surface area (Å²) in [5, 5.41) is 2.57. The molecular weight excluding hydrogens is 158 g/mol. The summed E-state index contributed by atoms with van der Waals surface area (Å²) in [7, 11) is 0. The van der Waals surface area contributed by atoms with Crippen LogP contribution >= 0.6 is 12.6 Å². The fourth-order valence-corrected chi connectivity index (χ4v) is 0.249. The Balaban J connectivity index is 0. The van der Waals surface area contributed by atoms with E-state index in [1.54, 1.807) is 0 Å². The lowest BCUT2D eigenvalue weighted by Crippen LogP contribution is -2.18. The topological polar surface area (TPSA) is 29.1 Å². The summed E-state index contributed by atoms with van der Waals surface area (Å²) in [5.41, 5.74) is 0. The lowest BCUT2D eigenvalue weighted by atomic mass is 10.3. The number of rotatable bonds is 1. The van der Waals surface area contributed by atoms with Crippen LogP contribution in [0.15, 0.2) is 0 Å². The van der Waals surface area contributed by atoms with Crippen LogP contribution in [-0.4, -0.2) is 17.2 Å². The van der Waals surface area contributed by atoms with Crippen molar-refractivity contribution < 1.29 is 4.79 Å². The van der Waals surface area contributed by atoms with Crippen LogP contribution in [0.3, 0.4) is 0 Å². The third-order valence-corrected chi connectivity index (χ3v) is 0.426. The van der Waals surface area contributed by atoms with Crippen molar-refractivity contribution in [2.45, 2.75) is 39.4 Å². The van der Waals surface area contributed by atoms with E-state index >= 15 is 0 Å². The van der Waals surface area contributed by atoms with Gasteiger partial charge in [0.15, 0.2) is 0 Å². The second-order valence-corrected chi connectivity index (χ2v) is 4.60. The maximum Gasteiger partial charge on any atom is 0.216 e. The van der Waals surface area contributed by atoms with E-state index in [1.807, 2.05) is 6.92 Å². The van der Waals surface area contributed by atoms with Crippen molar-refractivity contribution in [3.05, 3.63) is 0 Å².